The van der Waals surface area contributed by atoms with Crippen LogP contribution >= 0.6 is 0 Å². The van der Waals surface area contributed by atoms with Crippen LogP contribution in [-0.2, 0) is 12.8 Å². The Labute approximate surface area is 115 Å². The molecule has 0 unspecified atom stereocenters. The maximum absolute atomic E-state index is 13.7. The van der Waals surface area contributed by atoms with Gasteiger partial charge in [-0.1, -0.05) is 24.3 Å². The highest BCUT2D eigenvalue weighted by atomic mass is 19.1. The Bertz CT molecular complexity index is 647. The first kappa shape index (κ1) is 12.6. The second-order valence-corrected chi connectivity index (χ2v) is 4.91. The van der Waals surface area contributed by atoms with E-state index in [1.54, 1.807) is 0 Å². The monoisotopic (exact) mass is 271 g/mol. The van der Waals surface area contributed by atoms with Crippen LogP contribution in [0, 0.1) is 5.82 Å². The fraction of sp³-hybridized carbons (Fsp3) is 0.200. The normalized spacial score (nSPS) is 14.1. The quantitative estimate of drug-likeness (QED) is 0.873. The van der Waals surface area contributed by atoms with E-state index in [4.69, 9.17) is 5.73 Å². The predicted molar refractivity (Wildman–Crippen MR) is 73.7 cm³/mol. The van der Waals surface area contributed by atoms with Gasteiger partial charge in [-0.25, -0.2) is 9.37 Å². The molecule has 0 fully saturated rings. The summed E-state index contributed by atoms with van der Waals surface area (Å²) in [4.78, 5) is 15.7. The number of anilines is 1. The maximum Gasteiger partial charge on any atom is 0.254 e. The summed E-state index contributed by atoms with van der Waals surface area (Å²) in [6.45, 7) is 0. The van der Waals surface area contributed by atoms with Crippen molar-refractivity contribution in [2.75, 3.05) is 5.73 Å². The van der Waals surface area contributed by atoms with Crippen molar-refractivity contribution in [3.63, 3.8) is 0 Å². The first-order valence-electron chi connectivity index (χ1n) is 6.43. The van der Waals surface area contributed by atoms with Crippen molar-refractivity contribution in [2.45, 2.75) is 18.9 Å². The minimum absolute atomic E-state index is 0.00584. The van der Waals surface area contributed by atoms with Gasteiger partial charge in [-0.2, -0.15) is 0 Å². The van der Waals surface area contributed by atoms with E-state index in [-0.39, 0.29) is 17.4 Å². The minimum atomic E-state index is -0.763. The summed E-state index contributed by atoms with van der Waals surface area (Å²) in [5.41, 5.74) is 7.77. The van der Waals surface area contributed by atoms with Gasteiger partial charge in [-0.3, -0.25) is 4.79 Å². The number of hydrogen-bond acceptors (Lipinski definition) is 3. The second-order valence-electron chi connectivity index (χ2n) is 4.91. The van der Waals surface area contributed by atoms with Gasteiger partial charge in [0.2, 0.25) is 0 Å². The highest BCUT2D eigenvalue weighted by molar-refractivity contribution is 5.95. The number of hydrogen-bond donors (Lipinski definition) is 2. The van der Waals surface area contributed by atoms with Gasteiger partial charge >= 0.3 is 0 Å². The number of nitrogens with one attached hydrogen (secondary N) is 1. The lowest BCUT2D eigenvalue weighted by atomic mass is 10.1. The Kier molecular flexibility index (Phi) is 3.10. The highest BCUT2D eigenvalue weighted by Gasteiger charge is 2.24. The first-order chi connectivity index (χ1) is 9.65. The minimum Gasteiger partial charge on any atom is -0.381 e. The Morgan fingerprint density at radius 1 is 1.25 bits per heavy atom. The molecule has 1 aromatic carbocycles. The molecule has 0 radical (unpaired) electrons. The zero-order chi connectivity index (χ0) is 14.1. The van der Waals surface area contributed by atoms with E-state index >= 15 is 0 Å². The van der Waals surface area contributed by atoms with Gasteiger partial charge in [0.25, 0.3) is 5.91 Å². The maximum atomic E-state index is 13.7. The standard InChI is InChI=1S/C15H14FN3O/c16-13-12(5-6-18-14(13)17)15(20)19-11-7-9-3-1-2-4-10(9)8-11/h1-6,11H,7-8H2,(H2,17,18)(H,19,20). The lowest BCUT2D eigenvalue weighted by Gasteiger charge is -2.12. The molecular weight excluding hydrogens is 257 g/mol. The summed E-state index contributed by atoms with van der Waals surface area (Å²) in [5.74, 6) is -1.47. The third kappa shape index (κ3) is 2.22. The molecule has 1 aliphatic rings. The Morgan fingerprint density at radius 2 is 1.90 bits per heavy atom. The molecule has 0 atom stereocenters. The molecule has 4 nitrogen and oxygen atoms in total. The third-order valence-electron chi connectivity index (χ3n) is 3.55. The number of amides is 1. The van der Waals surface area contributed by atoms with E-state index in [0.29, 0.717) is 0 Å². The molecular formula is C15H14FN3O. The zero-order valence-corrected chi connectivity index (χ0v) is 10.8. The summed E-state index contributed by atoms with van der Waals surface area (Å²) in [6.07, 6.45) is 2.87. The third-order valence-corrected chi connectivity index (χ3v) is 3.55. The van der Waals surface area contributed by atoms with Crippen LogP contribution < -0.4 is 11.1 Å². The topological polar surface area (TPSA) is 68.0 Å². The molecule has 2 aromatic rings. The summed E-state index contributed by atoms with van der Waals surface area (Å²) >= 11 is 0. The molecule has 1 heterocycles. The molecule has 0 bridgehead atoms. The van der Waals surface area contributed by atoms with Crippen LogP contribution in [0.5, 0.6) is 0 Å². The average Bonchev–Trinajstić information content (AvgIpc) is 2.83. The molecule has 5 heteroatoms. The summed E-state index contributed by atoms with van der Waals surface area (Å²) in [5, 5.41) is 2.85. The average molecular weight is 271 g/mol. The molecule has 1 aliphatic carbocycles. The summed E-state index contributed by atoms with van der Waals surface area (Å²) < 4.78 is 13.7. The number of nitrogens with two attached hydrogens (primary N) is 1. The molecule has 3 N–H and O–H groups in total. The Morgan fingerprint density at radius 3 is 2.55 bits per heavy atom. The lowest BCUT2D eigenvalue weighted by molar-refractivity contribution is 0.0934. The van der Waals surface area contributed by atoms with E-state index in [1.807, 2.05) is 24.3 Å². The number of fused-ring (bicyclic) bond motifs is 1. The molecule has 1 aromatic heterocycles. The van der Waals surface area contributed by atoms with Crippen LogP contribution in [0.4, 0.5) is 10.2 Å². The van der Waals surface area contributed by atoms with E-state index in [2.05, 4.69) is 10.3 Å². The fourth-order valence-corrected chi connectivity index (χ4v) is 2.56. The summed E-state index contributed by atoms with van der Waals surface area (Å²) in [7, 11) is 0. The van der Waals surface area contributed by atoms with Crippen LogP contribution in [-0.4, -0.2) is 16.9 Å². The van der Waals surface area contributed by atoms with Gasteiger partial charge in [0, 0.05) is 12.2 Å². The fourth-order valence-electron chi connectivity index (χ4n) is 2.56. The molecule has 0 aliphatic heterocycles. The molecule has 102 valence electrons. The highest BCUT2D eigenvalue weighted by Crippen LogP contribution is 2.22. The number of nitrogens with zero attached hydrogens (tertiary/aromatic N) is 1. The molecule has 0 spiro atoms. The van der Waals surface area contributed by atoms with Crippen molar-refractivity contribution in [3.8, 4) is 0 Å². The number of carbonyl (C=O) groups excluding carboxylic acids is 1. The smallest absolute Gasteiger partial charge is 0.254 e. The van der Waals surface area contributed by atoms with Gasteiger partial charge in [-0.15, -0.1) is 0 Å². The van der Waals surface area contributed by atoms with Gasteiger partial charge in [0.1, 0.15) is 0 Å². The molecule has 20 heavy (non-hydrogen) atoms. The van der Waals surface area contributed by atoms with Gasteiger partial charge in [0.15, 0.2) is 11.6 Å². The van der Waals surface area contributed by atoms with Crippen LogP contribution in [0.15, 0.2) is 36.5 Å². The lowest BCUT2D eigenvalue weighted by Crippen LogP contribution is -2.35. The number of halogens is 1. The van der Waals surface area contributed by atoms with Crippen molar-refractivity contribution < 1.29 is 9.18 Å². The van der Waals surface area contributed by atoms with Crippen LogP contribution in [0.2, 0.25) is 0 Å². The van der Waals surface area contributed by atoms with Crippen molar-refractivity contribution >= 4 is 11.7 Å². The molecule has 0 saturated heterocycles. The number of carbonyl (C=O) groups is 1. The SMILES string of the molecule is Nc1nccc(C(=O)NC2Cc3ccccc3C2)c1F. The molecule has 3 rings (SSSR count). The van der Waals surface area contributed by atoms with E-state index in [9.17, 15) is 9.18 Å². The van der Waals surface area contributed by atoms with Crippen molar-refractivity contribution in [2.24, 2.45) is 0 Å². The van der Waals surface area contributed by atoms with Gasteiger partial charge in [0.05, 0.1) is 5.56 Å². The number of nitrogen functional groups attached to an aromatic ring is 1. The van der Waals surface area contributed by atoms with Gasteiger partial charge in [-0.05, 0) is 30.0 Å². The van der Waals surface area contributed by atoms with Crippen molar-refractivity contribution in [3.05, 3.63) is 59.0 Å². The van der Waals surface area contributed by atoms with Crippen molar-refractivity contribution in [1.29, 1.82) is 0 Å². The zero-order valence-electron chi connectivity index (χ0n) is 10.8. The van der Waals surface area contributed by atoms with Gasteiger partial charge < -0.3 is 11.1 Å². The predicted octanol–water partition coefficient (Wildman–Crippen LogP) is 1.70. The number of benzene rings is 1. The molecule has 1 amide bonds. The Hall–Kier alpha value is -2.43. The number of rotatable bonds is 2. The number of pyridine rings is 1. The largest absolute Gasteiger partial charge is 0.381 e. The van der Waals surface area contributed by atoms with E-state index in [1.165, 1.54) is 23.4 Å². The van der Waals surface area contributed by atoms with Crippen LogP contribution in [0.25, 0.3) is 0 Å². The second kappa shape index (κ2) is 4.92. The Balaban J connectivity index is 1.74. The van der Waals surface area contributed by atoms with Crippen LogP contribution in [0.3, 0.4) is 0 Å². The number of aromatic nitrogens is 1. The van der Waals surface area contributed by atoms with Crippen molar-refractivity contribution in [1.82, 2.24) is 10.3 Å². The van der Waals surface area contributed by atoms with Crippen LogP contribution in [0.1, 0.15) is 21.5 Å². The summed E-state index contributed by atoms with van der Waals surface area (Å²) in [6, 6.07) is 9.38. The van der Waals surface area contributed by atoms with E-state index < -0.39 is 11.7 Å². The molecule has 0 saturated carbocycles. The van der Waals surface area contributed by atoms with E-state index in [0.717, 1.165) is 12.8 Å². The first-order valence-corrected chi connectivity index (χ1v) is 6.43.